The second kappa shape index (κ2) is 5.74. The third-order valence-electron chi connectivity index (χ3n) is 3.10. The highest BCUT2D eigenvalue weighted by atomic mass is 19.1. The topological polar surface area (TPSA) is 21.3 Å². The summed E-state index contributed by atoms with van der Waals surface area (Å²) in [5.41, 5.74) is 3.14. The molecule has 0 aliphatic carbocycles. The summed E-state index contributed by atoms with van der Waals surface area (Å²) in [7, 11) is 1.65. The van der Waals surface area contributed by atoms with Crippen molar-refractivity contribution in [3.8, 4) is 5.75 Å². The lowest BCUT2D eigenvalue weighted by Crippen LogP contribution is -2.07. The molecule has 0 saturated carbocycles. The summed E-state index contributed by atoms with van der Waals surface area (Å²) < 4.78 is 18.2. The third kappa shape index (κ3) is 3.25. The monoisotopic (exact) mass is 259 g/mol. The molecule has 0 radical (unpaired) electrons. The SMILES string of the molecule is COc1ccc(C)cc1NC(C)c1ccc(F)cc1. The minimum atomic E-state index is -0.218. The van der Waals surface area contributed by atoms with Gasteiger partial charge in [0.05, 0.1) is 12.8 Å². The Balaban J connectivity index is 2.20. The molecule has 0 saturated heterocycles. The molecule has 0 bridgehead atoms. The van der Waals surface area contributed by atoms with Crippen LogP contribution < -0.4 is 10.1 Å². The minimum absolute atomic E-state index is 0.0799. The first-order valence-corrected chi connectivity index (χ1v) is 6.27. The van der Waals surface area contributed by atoms with Gasteiger partial charge in [-0.25, -0.2) is 4.39 Å². The van der Waals surface area contributed by atoms with Gasteiger partial charge in [0.25, 0.3) is 0 Å². The van der Waals surface area contributed by atoms with E-state index in [1.165, 1.54) is 12.1 Å². The van der Waals surface area contributed by atoms with Crippen LogP contribution >= 0.6 is 0 Å². The van der Waals surface area contributed by atoms with Crippen LogP contribution in [0.2, 0.25) is 0 Å². The van der Waals surface area contributed by atoms with E-state index >= 15 is 0 Å². The van der Waals surface area contributed by atoms with E-state index < -0.39 is 0 Å². The van der Waals surface area contributed by atoms with Gasteiger partial charge in [-0.05, 0) is 49.2 Å². The zero-order valence-corrected chi connectivity index (χ0v) is 11.4. The van der Waals surface area contributed by atoms with Crippen molar-refractivity contribution < 1.29 is 9.13 Å². The highest BCUT2D eigenvalue weighted by Gasteiger charge is 2.09. The van der Waals surface area contributed by atoms with Gasteiger partial charge in [-0.1, -0.05) is 18.2 Å². The van der Waals surface area contributed by atoms with E-state index in [2.05, 4.69) is 5.32 Å². The van der Waals surface area contributed by atoms with Crippen LogP contribution in [-0.2, 0) is 0 Å². The van der Waals surface area contributed by atoms with Gasteiger partial charge in [0.15, 0.2) is 0 Å². The number of hydrogen-bond acceptors (Lipinski definition) is 2. The lowest BCUT2D eigenvalue weighted by molar-refractivity contribution is 0.416. The first-order chi connectivity index (χ1) is 9.10. The normalized spacial score (nSPS) is 12.0. The highest BCUT2D eigenvalue weighted by molar-refractivity contribution is 5.59. The Hall–Kier alpha value is -2.03. The summed E-state index contributed by atoms with van der Waals surface area (Å²) >= 11 is 0. The van der Waals surface area contributed by atoms with Crippen LogP contribution in [-0.4, -0.2) is 7.11 Å². The Kier molecular flexibility index (Phi) is 4.05. The molecular formula is C16H18FNO. The molecule has 1 unspecified atom stereocenters. The molecule has 2 aromatic carbocycles. The van der Waals surface area contributed by atoms with Crippen molar-refractivity contribution >= 4 is 5.69 Å². The molecule has 100 valence electrons. The molecule has 19 heavy (non-hydrogen) atoms. The molecule has 0 amide bonds. The third-order valence-corrected chi connectivity index (χ3v) is 3.10. The predicted molar refractivity (Wildman–Crippen MR) is 76.2 cm³/mol. The van der Waals surface area contributed by atoms with Crippen molar-refractivity contribution in [2.45, 2.75) is 19.9 Å². The van der Waals surface area contributed by atoms with E-state index in [1.807, 2.05) is 32.0 Å². The molecule has 0 fully saturated rings. The summed E-state index contributed by atoms with van der Waals surface area (Å²) in [5.74, 6) is 0.587. The van der Waals surface area contributed by atoms with Gasteiger partial charge in [-0.15, -0.1) is 0 Å². The van der Waals surface area contributed by atoms with Crippen LogP contribution in [0.5, 0.6) is 5.75 Å². The van der Waals surface area contributed by atoms with Crippen molar-refractivity contribution in [2.24, 2.45) is 0 Å². The van der Waals surface area contributed by atoms with Gasteiger partial charge in [0, 0.05) is 6.04 Å². The van der Waals surface area contributed by atoms with E-state index in [9.17, 15) is 4.39 Å². The number of rotatable bonds is 4. The Morgan fingerprint density at radius 1 is 1.11 bits per heavy atom. The standard InChI is InChI=1S/C16H18FNO/c1-11-4-9-16(19-3)15(10-11)18-12(2)13-5-7-14(17)8-6-13/h4-10,12,18H,1-3H3. The second-order valence-electron chi connectivity index (χ2n) is 4.62. The first-order valence-electron chi connectivity index (χ1n) is 6.27. The highest BCUT2D eigenvalue weighted by Crippen LogP contribution is 2.29. The number of aryl methyl sites for hydroxylation is 1. The largest absolute Gasteiger partial charge is 0.495 e. The van der Waals surface area contributed by atoms with Crippen molar-refractivity contribution in [3.63, 3.8) is 0 Å². The summed E-state index contributed by atoms with van der Waals surface area (Å²) in [6, 6.07) is 12.6. The fourth-order valence-corrected chi connectivity index (χ4v) is 2.00. The number of methoxy groups -OCH3 is 1. The molecule has 3 heteroatoms. The Bertz CT molecular complexity index is 551. The fourth-order valence-electron chi connectivity index (χ4n) is 2.00. The van der Waals surface area contributed by atoms with E-state index in [-0.39, 0.29) is 11.9 Å². The summed E-state index contributed by atoms with van der Waals surface area (Å²) in [4.78, 5) is 0. The quantitative estimate of drug-likeness (QED) is 0.883. The molecule has 0 aromatic heterocycles. The molecule has 2 aromatic rings. The maximum absolute atomic E-state index is 12.9. The summed E-state index contributed by atoms with van der Waals surface area (Å²) in [6.07, 6.45) is 0. The van der Waals surface area contributed by atoms with Gasteiger partial charge < -0.3 is 10.1 Å². The average Bonchev–Trinajstić information content (AvgIpc) is 2.39. The summed E-state index contributed by atoms with van der Waals surface area (Å²) in [6.45, 7) is 4.07. The number of benzene rings is 2. The molecule has 0 aliphatic heterocycles. The number of halogens is 1. The van der Waals surface area contributed by atoms with Crippen LogP contribution in [0, 0.1) is 12.7 Å². The van der Waals surface area contributed by atoms with E-state index in [1.54, 1.807) is 19.2 Å². The molecule has 0 spiro atoms. The second-order valence-corrected chi connectivity index (χ2v) is 4.62. The van der Waals surface area contributed by atoms with E-state index in [4.69, 9.17) is 4.74 Å². The zero-order chi connectivity index (χ0) is 13.8. The molecular weight excluding hydrogens is 241 g/mol. The number of ether oxygens (including phenoxy) is 1. The first kappa shape index (κ1) is 13.4. The number of nitrogens with one attached hydrogen (secondary N) is 1. The van der Waals surface area contributed by atoms with Crippen LogP contribution in [0.1, 0.15) is 24.1 Å². The van der Waals surface area contributed by atoms with Gasteiger partial charge in [0.1, 0.15) is 11.6 Å². The van der Waals surface area contributed by atoms with Crippen molar-refractivity contribution in [1.29, 1.82) is 0 Å². The molecule has 2 nitrogen and oxygen atoms in total. The van der Waals surface area contributed by atoms with Crippen LogP contribution in [0.15, 0.2) is 42.5 Å². The average molecular weight is 259 g/mol. The van der Waals surface area contributed by atoms with Crippen LogP contribution in [0.4, 0.5) is 10.1 Å². The van der Waals surface area contributed by atoms with Crippen molar-refractivity contribution in [2.75, 3.05) is 12.4 Å². The molecule has 1 N–H and O–H groups in total. The molecule has 0 heterocycles. The minimum Gasteiger partial charge on any atom is -0.495 e. The van der Waals surface area contributed by atoms with E-state index in [0.29, 0.717) is 0 Å². The predicted octanol–water partition coefficient (Wildman–Crippen LogP) is 4.32. The fraction of sp³-hybridized carbons (Fsp3) is 0.250. The maximum atomic E-state index is 12.9. The lowest BCUT2D eigenvalue weighted by Gasteiger charge is -2.18. The van der Waals surface area contributed by atoms with Crippen molar-refractivity contribution in [1.82, 2.24) is 0 Å². The summed E-state index contributed by atoms with van der Waals surface area (Å²) in [5, 5.41) is 3.39. The Morgan fingerprint density at radius 3 is 2.42 bits per heavy atom. The Morgan fingerprint density at radius 2 is 1.79 bits per heavy atom. The molecule has 1 atom stereocenters. The number of anilines is 1. The molecule has 0 aliphatic rings. The Labute approximate surface area is 113 Å². The molecule has 2 rings (SSSR count). The number of hydrogen-bond donors (Lipinski definition) is 1. The van der Waals surface area contributed by atoms with E-state index in [0.717, 1.165) is 22.6 Å². The van der Waals surface area contributed by atoms with Gasteiger partial charge in [-0.3, -0.25) is 0 Å². The smallest absolute Gasteiger partial charge is 0.141 e. The van der Waals surface area contributed by atoms with Gasteiger partial charge in [-0.2, -0.15) is 0 Å². The van der Waals surface area contributed by atoms with Crippen LogP contribution in [0.25, 0.3) is 0 Å². The van der Waals surface area contributed by atoms with Crippen molar-refractivity contribution in [3.05, 3.63) is 59.4 Å². The van der Waals surface area contributed by atoms with Crippen LogP contribution in [0.3, 0.4) is 0 Å². The maximum Gasteiger partial charge on any atom is 0.141 e. The van der Waals surface area contributed by atoms with Gasteiger partial charge in [0.2, 0.25) is 0 Å². The lowest BCUT2D eigenvalue weighted by atomic mass is 10.1. The van der Waals surface area contributed by atoms with Gasteiger partial charge >= 0.3 is 0 Å². The zero-order valence-electron chi connectivity index (χ0n) is 11.4.